The molecule has 0 aromatic carbocycles. The quantitative estimate of drug-likeness (QED) is 0.434. The van der Waals surface area contributed by atoms with Crippen LogP contribution in [0.2, 0.25) is 0 Å². The molecule has 1 N–H and O–H groups in total. The van der Waals surface area contributed by atoms with Crippen molar-refractivity contribution < 1.29 is 43.1 Å². The van der Waals surface area contributed by atoms with Crippen LogP contribution >= 0.6 is 0 Å². The standard InChI is InChI=1S/C32H57NO9/c1-14-24-31(7,36)16-18(2)25(34)19(3)17-32(8,39-13)28(21(5)26(37-11)22(6)29(35)41-24)42-30-27(38-12)23(33(9)10)15-20(4)40-30/h16,19-24,26-28,30,36H,14-15,17H2,1-13H3/b18-16+/t19-,20?,21+,22-,23?,24-,26+,27?,28+,30?,31+,32-/m1/s1. The van der Waals surface area contributed by atoms with Crippen LogP contribution in [0.5, 0.6) is 0 Å². The number of ketones is 1. The van der Waals surface area contributed by atoms with Crippen LogP contribution in [0.15, 0.2) is 11.6 Å². The second-order valence-electron chi connectivity index (χ2n) is 13.1. The van der Waals surface area contributed by atoms with Gasteiger partial charge in [0.25, 0.3) is 0 Å². The minimum atomic E-state index is -1.54. The maximum atomic E-state index is 13.6. The molecule has 0 radical (unpaired) electrons. The lowest BCUT2D eigenvalue weighted by molar-refractivity contribution is -0.305. The minimum Gasteiger partial charge on any atom is -0.459 e. The fourth-order valence-corrected chi connectivity index (χ4v) is 6.92. The summed E-state index contributed by atoms with van der Waals surface area (Å²) >= 11 is 0. The minimum absolute atomic E-state index is 0.0468. The molecule has 2 aliphatic rings. The molecule has 10 nitrogen and oxygen atoms in total. The van der Waals surface area contributed by atoms with Crippen molar-refractivity contribution >= 4 is 11.8 Å². The number of carbonyl (C=O) groups excluding carboxylic acids is 2. The predicted octanol–water partition coefficient (Wildman–Crippen LogP) is 3.77. The summed E-state index contributed by atoms with van der Waals surface area (Å²) in [5, 5.41) is 11.3. The molecule has 0 saturated carbocycles. The number of rotatable bonds is 7. The van der Waals surface area contributed by atoms with E-state index in [-0.39, 0.29) is 17.9 Å². The van der Waals surface area contributed by atoms with E-state index in [0.29, 0.717) is 18.4 Å². The summed E-state index contributed by atoms with van der Waals surface area (Å²) in [6.45, 7) is 14.6. The predicted molar refractivity (Wildman–Crippen MR) is 160 cm³/mol. The van der Waals surface area contributed by atoms with Crippen LogP contribution in [-0.4, -0.2) is 111 Å². The van der Waals surface area contributed by atoms with Crippen LogP contribution in [0.4, 0.5) is 0 Å². The van der Waals surface area contributed by atoms with Crippen LogP contribution in [0.3, 0.4) is 0 Å². The van der Waals surface area contributed by atoms with Gasteiger partial charge in [-0.25, -0.2) is 0 Å². The van der Waals surface area contributed by atoms with Crippen LogP contribution < -0.4 is 0 Å². The van der Waals surface area contributed by atoms with Gasteiger partial charge in [0.05, 0.1) is 29.8 Å². The van der Waals surface area contributed by atoms with Crippen molar-refractivity contribution in [2.75, 3.05) is 35.4 Å². The number of hydrogen-bond acceptors (Lipinski definition) is 10. The van der Waals surface area contributed by atoms with Gasteiger partial charge in [0.1, 0.15) is 17.8 Å². The Morgan fingerprint density at radius 2 is 1.64 bits per heavy atom. The Morgan fingerprint density at radius 3 is 2.14 bits per heavy atom. The fraction of sp³-hybridized carbons (Fsp3) is 0.875. The second-order valence-corrected chi connectivity index (χ2v) is 13.1. The highest BCUT2D eigenvalue weighted by Crippen LogP contribution is 2.39. The van der Waals surface area contributed by atoms with Crippen LogP contribution in [0.1, 0.15) is 74.7 Å². The lowest BCUT2D eigenvalue weighted by Gasteiger charge is -2.48. The zero-order valence-electron chi connectivity index (χ0n) is 28.1. The van der Waals surface area contributed by atoms with Crippen LogP contribution in [0.25, 0.3) is 0 Å². The van der Waals surface area contributed by atoms with Crippen molar-refractivity contribution in [3.8, 4) is 0 Å². The molecule has 4 unspecified atom stereocenters. The summed E-state index contributed by atoms with van der Waals surface area (Å²) in [7, 11) is 8.82. The summed E-state index contributed by atoms with van der Waals surface area (Å²) in [4.78, 5) is 29.2. The lowest BCUT2D eigenvalue weighted by Crippen LogP contribution is -2.60. The monoisotopic (exact) mass is 599 g/mol. The Balaban J connectivity index is 2.68. The highest BCUT2D eigenvalue weighted by molar-refractivity contribution is 5.96. The number of likely N-dealkylation sites (N-methyl/N-ethyl adjacent to an activating group) is 1. The average Bonchev–Trinajstić information content (AvgIpc) is 2.92. The van der Waals surface area contributed by atoms with Crippen molar-refractivity contribution in [1.82, 2.24) is 4.90 Å². The molecule has 2 rings (SSSR count). The molecule has 0 aliphatic carbocycles. The number of hydrogen-bond donors (Lipinski definition) is 1. The van der Waals surface area contributed by atoms with Gasteiger partial charge in [-0.05, 0) is 79.6 Å². The van der Waals surface area contributed by atoms with Crippen molar-refractivity contribution in [3.63, 3.8) is 0 Å². The third kappa shape index (κ3) is 8.20. The lowest BCUT2D eigenvalue weighted by atomic mass is 9.76. The van der Waals surface area contributed by atoms with E-state index in [2.05, 4.69) is 4.90 Å². The molecular formula is C32H57NO9. The fourth-order valence-electron chi connectivity index (χ4n) is 6.92. The zero-order chi connectivity index (χ0) is 32.2. The number of methoxy groups -OCH3 is 3. The SMILES string of the molecule is CC[C@H]1OC(=O)[C@H](C)[C@@H](OC)[C@H](C)[C@H](OC2OC(C)CC(N(C)C)C2OC)[C@](C)(OC)C[C@@H](C)C(=O)/C(C)=C/[C@]1(C)O. The van der Waals surface area contributed by atoms with E-state index in [1.54, 1.807) is 42.1 Å². The van der Waals surface area contributed by atoms with Crippen molar-refractivity contribution in [2.45, 2.75) is 129 Å². The molecule has 0 bridgehead atoms. The highest BCUT2D eigenvalue weighted by Gasteiger charge is 2.50. The van der Waals surface area contributed by atoms with Gasteiger partial charge in [-0.3, -0.25) is 9.59 Å². The second kappa shape index (κ2) is 15.1. The van der Waals surface area contributed by atoms with E-state index >= 15 is 0 Å². The first-order valence-electron chi connectivity index (χ1n) is 15.2. The summed E-state index contributed by atoms with van der Waals surface area (Å²) < 4.78 is 37.2. The number of esters is 1. The Labute approximate surface area is 253 Å². The summed E-state index contributed by atoms with van der Waals surface area (Å²) in [5.41, 5.74) is -2.14. The zero-order valence-corrected chi connectivity index (χ0v) is 28.1. The number of aliphatic hydroxyl groups is 1. The Hall–Kier alpha value is -1.40. The molecule has 0 aromatic rings. The molecule has 0 amide bonds. The summed E-state index contributed by atoms with van der Waals surface area (Å²) in [6.07, 6.45) is -0.428. The maximum Gasteiger partial charge on any atom is 0.311 e. The molecule has 0 aromatic heterocycles. The molecular weight excluding hydrogens is 542 g/mol. The van der Waals surface area contributed by atoms with Gasteiger partial charge in [-0.1, -0.05) is 20.8 Å². The highest BCUT2D eigenvalue weighted by atomic mass is 16.7. The van der Waals surface area contributed by atoms with Gasteiger partial charge in [-0.2, -0.15) is 0 Å². The van der Waals surface area contributed by atoms with Gasteiger partial charge in [-0.15, -0.1) is 0 Å². The number of ether oxygens (including phenoxy) is 6. The van der Waals surface area contributed by atoms with Crippen molar-refractivity contribution in [1.29, 1.82) is 0 Å². The molecule has 1 fully saturated rings. The van der Waals surface area contributed by atoms with Gasteiger partial charge in [0.15, 0.2) is 12.1 Å². The number of cyclic esters (lactones) is 1. The summed E-state index contributed by atoms with van der Waals surface area (Å²) in [5.74, 6) is -2.23. The number of nitrogens with zero attached hydrogens (tertiary/aromatic N) is 1. The third-order valence-corrected chi connectivity index (χ3v) is 9.34. The van der Waals surface area contributed by atoms with Gasteiger partial charge in [0.2, 0.25) is 0 Å². The summed E-state index contributed by atoms with van der Waals surface area (Å²) in [6, 6.07) is 0.0468. The van der Waals surface area contributed by atoms with E-state index in [9.17, 15) is 14.7 Å². The largest absolute Gasteiger partial charge is 0.459 e. The first-order valence-corrected chi connectivity index (χ1v) is 15.2. The Kier molecular flexibility index (Phi) is 13.2. The molecule has 12 atom stereocenters. The van der Waals surface area contributed by atoms with E-state index in [1.807, 2.05) is 48.7 Å². The van der Waals surface area contributed by atoms with E-state index < -0.39 is 65.6 Å². The average molecular weight is 600 g/mol. The molecule has 1 saturated heterocycles. The van der Waals surface area contributed by atoms with Gasteiger partial charge < -0.3 is 38.4 Å². The van der Waals surface area contributed by atoms with Crippen molar-refractivity contribution in [2.24, 2.45) is 17.8 Å². The topological polar surface area (TPSA) is 113 Å². The molecule has 42 heavy (non-hydrogen) atoms. The maximum absolute atomic E-state index is 13.6. The molecule has 2 aliphatic heterocycles. The normalized spacial score (nSPS) is 44.3. The van der Waals surface area contributed by atoms with Gasteiger partial charge >= 0.3 is 5.97 Å². The number of carbonyl (C=O) groups is 2. The van der Waals surface area contributed by atoms with Crippen LogP contribution in [-0.2, 0) is 38.0 Å². The number of allylic oxidation sites excluding steroid dienone is 1. The van der Waals surface area contributed by atoms with E-state index in [0.717, 1.165) is 6.42 Å². The first kappa shape index (κ1) is 36.8. The molecule has 10 heteroatoms. The van der Waals surface area contributed by atoms with E-state index in [1.165, 1.54) is 6.08 Å². The Morgan fingerprint density at radius 1 is 1.05 bits per heavy atom. The number of Topliss-reactive ketones (excluding diaryl/α,β-unsaturated/α-hetero) is 1. The molecule has 244 valence electrons. The molecule has 2 heterocycles. The van der Waals surface area contributed by atoms with E-state index in [4.69, 9.17) is 28.4 Å². The smallest absolute Gasteiger partial charge is 0.311 e. The third-order valence-electron chi connectivity index (χ3n) is 9.34. The van der Waals surface area contributed by atoms with Gasteiger partial charge in [0, 0.05) is 39.2 Å². The van der Waals surface area contributed by atoms with Crippen LogP contribution in [0, 0.1) is 17.8 Å². The Bertz CT molecular complexity index is 937. The first-order chi connectivity index (χ1) is 19.5. The molecule has 0 spiro atoms. The van der Waals surface area contributed by atoms with Crippen molar-refractivity contribution in [3.05, 3.63) is 11.6 Å².